The minimum atomic E-state index is -0.824. The number of halogens is 2. The van der Waals surface area contributed by atoms with E-state index in [1.165, 1.54) is 0 Å². The van der Waals surface area contributed by atoms with Crippen molar-refractivity contribution in [3.05, 3.63) is 32.5 Å². The molecule has 0 unspecified atom stereocenters. The Balaban J connectivity index is 3.27. The van der Waals surface area contributed by atoms with Gasteiger partial charge in [-0.1, -0.05) is 0 Å². The molecule has 1 aromatic heterocycles. The first-order valence-electron chi connectivity index (χ1n) is 3.02. The summed E-state index contributed by atoms with van der Waals surface area (Å²) in [6, 6.07) is 1.01. The monoisotopic (exact) mass is 264 g/mol. The molecule has 5 nitrogen and oxygen atoms in total. The first-order chi connectivity index (χ1) is 6.02. The molecule has 0 aliphatic carbocycles. The van der Waals surface area contributed by atoms with Gasteiger partial charge in [-0.15, -0.1) is 0 Å². The van der Waals surface area contributed by atoms with Crippen LogP contribution >= 0.6 is 27.5 Å². The van der Waals surface area contributed by atoms with Gasteiger partial charge >= 0.3 is 0 Å². The molecule has 0 aliphatic heterocycles. The predicted molar refractivity (Wildman–Crippen MR) is 48.8 cm³/mol. The molecule has 0 atom stereocenters. The van der Waals surface area contributed by atoms with Crippen LogP contribution in [0.5, 0.6) is 0 Å². The SMILES string of the molecule is O=C(Cl)c1cc([N+](=O)[O-])c(Br)cn1. The van der Waals surface area contributed by atoms with Crippen LogP contribution < -0.4 is 0 Å². The summed E-state index contributed by atoms with van der Waals surface area (Å²) in [6.45, 7) is 0. The summed E-state index contributed by atoms with van der Waals surface area (Å²) in [6.07, 6.45) is 1.16. The van der Waals surface area contributed by atoms with E-state index >= 15 is 0 Å². The summed E-state index contributed by atoms with van der Waals surface area (Å²) in [4.78, 5) is 23.9. The van der Waals surface area contributed by atoms with Gasteiger partial charge in [-0.3, -0.25) is 19.9 Å². The van der Waals surface area contributed by atoms with Crippen LogP contribution in [-0.2, 0) is 0 Å². The molecule has 7 heteroatoms. The molecule has 0 aromatic carbocycles. The van der Waals surface area contributed by atoms with E-state index in [9.17, 15) is 14.9 Å². The Bertz CT molecular complexity index is 382. The summed E-state index contributed by atoms with van der Waals surface area (Å²) in [5, 5.41) is 9.57. The van der Waals surface area contributed by atoms with Gasteiger partial charge in [0.25, 0.3) is 10.9 Å². The maximum Gasteiger partial charge on any atom is 0.287 e. The van der Waals surface area contributed by atoms with Gasteiger partial charge in [0.15, 0.2) is 0 Å². The predicted octanol–water partition coefficient (Wildman–Crippen LogP) is 2.13. The van der Waals surface area contributed by atoms with E-state index in [4.69, 9.17) is 11.6 Å². The van der Waals surface area contributed by atoms with Gasteiger partial charge < -0.3 is 0 Å². The Hall–Kier alpha value is -1.01. The van der Waals surface area contributed by atoms with Gasteiger partial charge in [0.05, 0.1) is 4.92 Å². The summed E-state index contributed by atoms with van der Waals surface area (Å²) in [5.41, 5.74) is -0.379. The van der Waals surface area contributed by atoms with Crippen molar-refractivity contribution in [2.24, 2.45) is 0 Å². The van der Waals surface area contributed by atoms with Crippen molar-refractivity contribution in [1.82, 2.24) is 4.98 Å². The van der Waals surface area contributed by atoms with Crippen molar-refractivity contribution in [2.75, 3.05) is 0 Å². The van der Waals surface area contributed by atoms with Gasteiger partial charge in [0, 0.05) is 12.3 Å². The maximum absolute atomic E-state index is 10.6. The first-order valence-corrected chi connectivity index (χ1v) is 4.19. The average Bonchev–Trinajstić information content (AvgIpc) is 2.04. The average molecular weight is 265 g/mol. The molecule has 0 spiro atoms. The second-order valence-electron chi connectivity index (χ2n) is 2.05. The van der Waals surface area contributed by atoms with Crippen LogP contribution in [0.2, 0.25) is 0 Å². The van der Waals surface area contributed by atoms with Crippen LogP contribution in [0.3, 0.4) is 0 Å². The van der Waals surface area contributed by atoms with Crippen molar-refractivity contribution in [3.63, 3.8) is 0 Å². The summed E-state index contributed by atoms with van der Waals surface area (Å²) >= 11 is 8.01. The molecule has 0 fully saturated rings. The quantitative estimate of drug-likeness (QED) is 0.466. The number of nitro groups is 1. The minimum Gasteiger partial charge on any atom is -0.274 e. The molecular weight excluding hydrogens is 263 g/mol. The largest absolute Gasteiger partial charge is 0.287 e. The molecule has 0 saturated carbocycles. The highest BCUT2D eigenvalue weighted by molar-refractivity contribution is 9.10. The van der Waals surface area contributed by atoms with Crippen molar-refractivity contribution in [1.29, 1.82) is 0 Å². The zero-order chi connectivity index (χ0) is 10.0. The number of carbonyl (C=O) groups excluding carboxylic acids is 1. The molecule has 0 saturated heterocycles. The zero-order valence-corrected chi connectivity index (χ0v) is 8.37. The van der Waals surface area contributed by atoms with E-state index in [1.807, 2.05) is 0 Å². The van der Waals surface area contributed by atoms with Crippen molar-refractivity contribution in [3.8, 4) is 0 Å². The Morgan fingerprint density at radius 1 is 1.69 bits per heavy atom. The van der Waals surface area contributed by atoms with Crippen LogP contribution in [0.15, 0.2) is 16.7 Å². The maximum atomic E-state index is 10.6. The summed E-state index contributed by atoms with van der Waals surface area (Å²) < 4.78 is 0.208. The third-order valence-corrected chi connectivity index (χ3v) is 2.04. The van der Waals surface area contributed by atoms with Gasteiger partial charge in [-0.25, -0.2) is 0 Å². The number of carbonyl (C=O) groups is 1. The van der Waals surface area contributed by atoms with E-state index in [2.05, 4.69) is 20.9 Å². The van der Waals surface area contributed by atoms with Gasteiger partial charge in [0.1, 0.15) is 10.2 Å². The van der Waals surface area contributed by atoms with Crippen LogP contribution in [0.1, 0.15) is 10.5 Å². The van der Waals surface area contributed by atoms with Gasteiger partial charge in [0.2, 0.25) is 0 Å². The highest BCUT2D eigenvalue weighted by Gasteiger charge is 2.15. The number of pyridine rings is 1. The molecule has 68 valence electrons. The highest BCUT2D eigenvalue weighted by atomic mass is 79.9. The van der Waals surface area contributed by atoms with Gasteiger partial charge in [-0.05, 0) is 27.5 Å². The smallest absolute Gasteiger partial charge is 0.274 e. The van der Waals surface area contributed by atoms with Crippen molar-refractivity contribution < 1.29 is 9.72 Å². The van der Waals surface area contributed by atoms with Crippen molar-refractivity contribution >= 4 is 38.5 Å². The van der Waals surface area contributed by atoms with E-state index < -0.39 is 10.2 Å². The molecule has 1 aromatic rings. The topological polar surface area (TPSA) is 73.1 Å². The fourth-order valence-corrected chi connectivity index (χ4v) is 1.14. The normalized spacial score (nSPS) is 9.69. The lowest BCUT2D eigenvalue weighted by Crippen LogP contribution is -1.97. The molecule has 0 N–H and O–H groups in total. The second-order valence-corrected chi connectivity index (χ2v) is 3.25. The van der Waals surface area contributed by atoms with Crippen LogP contribution in [0.4, 0.5) is 5.69 Å². The van der Waals surface area contributed by atoms with Gasteiger partial charge in [-0.2, -0.15) is 0 Å². The molecule has 13 heavy (non-hydrogen) atoms. The Morgan fingerprint density at radius 3 is 2.77 bits per heavy atom. The Morgan fingerprint density at radius 2 is 2.31 bits per heavy atom. The number of hydrogen-bond donors (Lipinski definition) is 0. The molecule has 1 heterocycles. The van der Waals surface area contributed by atoms with Crippen LogP contribution in [-0.4, -0.2) is 15.1 Å². The first kappa shape index (κ1) is 10.1. The third kappa shape index (κ3) is 2.22. The summed E-state index contributed by atoms with van der Waals surface area (Å²) in [7, 11) is 0. The molecule has 1 rings (SSSR count). The van der Waals surface area contributed by atoms with E-state index in [1.54, 1.807) is 0 Å². The Labute approximate surface area is 86.0 Å². The molecule has 0 aliphatic rings. The lowest BCUT2D eigenvalue weighted by atomic mass is 10.3. The number of rotatable bonds is 2. The van der Waals surface area contributed by atoms with E-state index in [-0.39, 0.29) is 15.9 Å². The Kier molecular flexibility index (Phi) is 2.94. The number of hydrogen-bond acceptors (Lipinski definition) is 4. The molecule has 0 amide bonds. The molecule has 0 bridgehead atoms. The van der Waals surface area contributed by atoms with E-state index in [0.29, 0.717) is 0 Å². The fourth-order valence-electron chi connectivity index (χ4n) is 0.675. The third-order valence-electron chi connectivity index (χ3n) is 1.23. The van der Waals surface area contributed by atoms with Crippen molar-refractivity contribution in [2.45, 2.75) is 0 Å². The number of aromatic nitrogens is 1. The molecule has 0 radical (unpaired) electrons. The standard InChI is InChI=1S/C6H2BrClN2O3/c7-3-2-9-4(6(8)11)1-5(3)10(12)13/h1-2H. The number of nitrogens with zero attached hydrogens (tertiary/aromatic N) is 2. The minimum absolute atomic E-state index is 0.142. The lowest BCUT2D eigenvalue weighted by molar-refractivity contribution is -0.385. The lowest BCUT2D eigenvalue weighted by Gasteiger charge is -1.95. The fraction of sp³-hybridized carbons (Fsp3) is 0. The van der Waals surface area contributed by atoms with Crippen LogP contribution in [0, 0.1) is 10.1 Å². The van der Waals surface area contributed by atoms with Crippen LogP contribution in [0.25, 0.3) is 0 Å². The second kappa shape index (κ2) is 3.80. The summed E-state index contributed by atoms with van der Waals surface area (Å²) in [5.74, 6) is 0. The highest BCUT2D eigenvalue weighted by Crippen LogP contribution is 2.24. The van der Waals surface area contributed by atoms with E-state index in [0.717, 1.165) is 12.3 Å². The zero-order valence-electron chi connectivity index (χ0n) is 6.03. The molecular formula is C6H2BrClN2O3.